The third-order valence-corrected chi connectivity index (χ3v) is 16.5. The molecule has 24 heteroatoms. The highest BCUT2D eigenvalue weighted by atomic mass is 16.6. The predicted molar refractivity (Wildman–Crippen MR) is 284 cm³/mol. The zero-order valence-corrected chi connectivity index (χ0v) is 48.0. The maximum atomic E-state index is 11.9. The number of carbonyl (C=O) groups excluding carboxylic acids is 12. The Balaban J connectivity index is 0.000000154. The van der Waals surface area contributed by atoms with Crippen molar-refractivity contribution >= 4 is 71.6 Å². The smallest absolute Gasteiger partial charge is 0.347 e. The van der Waals surface area contributed by atoms with E-state index in [4.69, 9.17) is 47.4 Å². The molecule has 7 saturated heterocycles. The summed E-state index contributed by atoms with van der Waals surface area (Å²) in [7, 11) is 0. The van der Waals surface area contributed by atoms with Gasteiger partial charge in [0.05, 0.1) is 30.8 Å². The minimum Gasteiger partial charge on any atom is -0.463 e. The Labute approximate surface area is 485 Å². The molecule has 13 rings (SSSR count). The first-order valence-electron chi connectivity index (χ1n) is 28.2. The summed E-state index contributed by atoms with van der Waals surface area (Å²) in [6, 6.07) is 0. The minimum atomic E-state index is -0.728. The van der Waals surface area contributed by atoms with Gasteiger partial charge in [-0.15, -0.1) is 0 Å². The Morgan fingerprint density at radius 2 is 0.929 bits per heavy atom. The van der Waals surface area contributed by atoms with Crippen LogP contribution in [-0.2, 0) is 114 Å². The standard InChI is InChI=1S/C16H20O6.C14H16O6.C14H18O4.2C8H10O4/c1-8(2)15(18)20-7-13(17)22-14-10-3-9-4-11(6-10)16(19)21-12(14)5-9;1-6(2)13(16)18-5-10(15)19-11-7-3-8-9(4-7)14(17)20-12(8)11;1-7(2)13(15)18-12-9-3-8-4-10(6-9)14(16)17-11(12)5-8;1-5(2)8(10)12-6-3-7(9)11-4-6;1-5(2)7(9)12-6-3-4-11-8(6)10/h9-12,14H,1,3-7H2,2H3;7-9,11-12H,1,3-5H2,2H3;8-12H,1,3-6H2,2H3;2*6H,1,3-4H2,2H3. The number of hydrogen-bond donors (Lipinski definition) is 0. The highest BCUT2D eigenvalue weighted by molar-refractivity contribution is 5.91. The summed E-state index contributed by atoms with van der Waals surface area (Å²) < 4.78 is 60.9. The summed E-state index contributed by atoms with van der Waals surface area (Å²) in [4.78, 5) is 136. The number of hydrogen-bond acceptors (Lipinski definition) is 24. The summed E-state index contributed by atoms with van der Waals surface area (Å²) in [6.07, 6.45) is 6.03. The van der Waals surface area contributed by atoms with Gasteiger partial charge in [0.1, 0.15) is 49.3 Å². The van der Waals surface area contributed by atoms with Crippen LogP contribution in [0.5, 0.6) is 0 Å². The minimum absolute atomic E-state index is 0.0128. The lowest BCUT2D eigenvalue weighted by Gasteiger charge is -2.41. The van der Waals surface area contributed by atoms with E-state index in [0.29, 0.717) is 36.0 Å². The van der Waals surface area contributed by atoms with Crippen LogP contribution in [0, 0.1) is 53.3 Å². The van der Waals surface area contributed by atoms with Crippen LogP contribution in [0.1, 0.15) is 112 Å². The summed E-state index contributed by atoms with van der Waals surface area (Å²) in [5.74, 6) is -3.27. The second-order valence-electron chi connectivity index (χ2n) is 23.5. The first kappa shape index (κ1) is 63.9. The number of rotatable bonds is 14. The average molecular weight is 1180 g/mol. The fraction of sp³-hybridized carbons (Fsp3) is 0.633. The van der Waals surface area contributed by atoms with Gasteiger partial charge in [-0.05, 0) is 111 Å². The molecular formula is C60H74O24. The fourth-order valence-electron chi connectivity index (χ4n) is 12.7. The van der Waals surface area contributed by atoms with Gasteiger partial charge in [0, 0.05) is 58.0 Å². The number of esters is 12. The molecule has 0 amide bonds. The van der Waals surface area contributed by atoms with Crippen molar-refractivity contribution in [2.24, 2.45) is 53.3 Å². The summed E-state index contributed by atoms with van der Waals surface area (Å²) >= 11 is 0. The topological polar surface area (TPSA) is 316 Å². The van der Waals surface area contributed by atoms with Gasteiger partial charge in [-0.25, -0.2) is 38.4 Å². The molecule has 84 heavy (non-hydrogen) atoms. The van der Waals surface area contributed by atoms with Gasteiger partial charge in [0.15, 0.2) is 13.2 Å². The van der Waals surface area contributed by atoms with Gasteiger partial charge in [-0.1, -0.05) is 32.9 Å². The Bertz CT molecular complexity index is 2720. The summed E-state index contributed by atoms with van der Waals surface area (Å²) in [6.45, 7) is 24.6. The molecule has 7 heterocycles. The summed E-state index contributed by atoms with van der Waals surface area (Å²) in [5.41, 5.74) is 1.47. The normalized spacial score (nSPS) is 33.1. The molecule has 458 valence electrons. The maximum Gasteiger partial charge on any atom is 0.347 e. The molecule has 0 N–H and O–H groups in total. The zero-order valence-electron chi connectivity index (χ0n) is 48.0. The molecule has 0 aromatic heterocycles. The van der Waals surface area contributed by atoms with Crippen LogP contribution in [0.3, 0.4) is 0 Å². The van der Waals surface area contributed by atoms with Crippen molar-refractivity contribution in [2.45, 2.75) is 161 Å². The lowest BCUT2D eigenvalue weighted by atomic mass is 9.67. The van der Waals surface area contributed by atoms with Crippen LogP contribution in [0.25, 0.3) is 0 Å². The Morgan fingerprint density at radius 3 is 1.39 bits per heavy atom. The fourth-order valence-corrected chi connectivity index (χ4v) is 12.7. The van der Waals surface area contributed by atoms with Gasteiger partial charge in [-0.2, -0.15) is 0 Å². The van der Waals surface area contributed by atoms with Crippen LogP contribution in [0.4, 0.5) is 0 Å². The second-order valence-corrected chi connectivity index (χ2v) is 23.5. The van der Waals surface area contributed by atoms with Crippen molar-refractivity contribution < 1.29 is 114 Å². The van der Waals surface area contributed by atoms with Crippen molar-refractivity contribution in [2.75, 3.05) is 26.4 Å². The lowest BCUT2D eigenvalue weighted by molar-refractivity contribution is -0.177. The average Bonchev–Trinajstić information content (AvgIpc) is 1.86. The first-order chi connectivity index (χ1) is 39.6. The van der Waals surface area contributed by atoms with Crippen LogP contribution >= 0.6 is 0 Å². The molecular weight excluding hydrogens is 1100 g/mol. The third-order valence-electron chi connectivity index (χ3n) is 16.5. The van der Waals surface area contributed by atoms with E-state index in [1.165, 1.54) is 20.8 Å². The van der Waals surface area contributed by atoms with Crippen LogP contribution in [-0.4, -0.2) is 147 Å². The molecule has 17 atom stereocenters. The molecule has 0 aromatic rings. The van der Waals surface area contributed by atoms with E-state index in [1.54, 1.807) is 13.8 Å². The summed E-state index contributed by atoms with van der Waals surface area (Å²) in [5, 5.41) is 0. The van der Waals surface area contributed by atoms with E-state index in [9.17, 15) is 57.5 Å². The Morgan fingerprint density at radius 1 is 0.464 bits per heavy atom. The largest absolute Gasteiger partial charge is 0.463 e. The van der Waals surface area contributed by atoms with Crippen molar-refractivity contribution in [1.29, 1.82) is 0 Å². The molecule has 10 bridgehead atoms. The molecule has 13 aliphatic rings. The van der Waals surface area contributed by atoms with Crippen LogP contribution in [0.15, 0.2) is 60.8 Å². The van der Waals surface area contributed by atoms with Gasteiger partial charge in [0.2, 0.25) is 6.10 Å². The highest BCUT2D eigenvalue weighted by Gasteiger charge is 2.63. The third kappa shape index (κ3) is 16.2. The number of carbonyl (C=O) groups is 12. The van der Waals surface area contributed by atoms with E-state index < -0.39 is 79.4 Å². The molecule has 0 spiro atoms. The lowest BCUT2D eigenvalue weighted by Crippen LogP contribution is -2.45. The zero-order chi connectivity index (χ0) is 61.4. The highest BCUT2D eigenvalue weighted by Crippen LogP contribution is 2.55. The molecule has 13 fully saturated rings. The predicted octanol–water partition coefficient (Wildman–Crippen LogP) is 4.66. The van der Waals surface area contributed by atoms with E-state index >= 15 is 0 Å². The molecule has 24 nitrogen and oxygen atoms in total. The first-order valence-corrected chi connectivity index (χ1v) is 28.2. The van der Waals surface area contributed by atoms with E-state index in [2.05, 4.69) is 42.4 Å². The van der Waals surface area contributed by atoms with Gasteiger partial charge in [-0.3, -0.25) is 19.2 Å². The molecule has 7 aliphatic heterocycles. The van der Waals surface area contributed by atoms with Gasteiger partial charge >= 0.3 is 71.6 Å². The van der Waals surface area contributed by atoms with Gasteiger partial charge < -0.3 is 56.8 Å². The number of ether oxygens (including phenoxy) is 12. The second kappa shape index (κ2) is 27.8. The van der Waals surface area contributed by atoms with Crippen molar-refractivity contribution in [3.8, 4) is 0 Å². The van der Waals surface area contributed by atoms with E-state index in [0.717, 1.165) is 64.2 Å². The quantitative estimate of drug-likeness (QED) is 0.130. The van der Waals surface area contributed by atoms with Crippen molar-refractivity contribution in [1.82, 2.24) is 0 Å². The molecule has 0 radical (unpaired) electrons. The number of cyclic esters (lactones) is 2. The number of fused-ring (bicyclic) bond motifs is 3. The Kier molecular flexibility index (Phi) is 21.2. The SMILES string of the molecule is C=C(C)C(=O)OC1C2CC3CC(C2)C(=O)OC1C3.C=C(C)C(=O)OC1CCOC1=O.C=C(C)C(=O)OC1COC(=O)C1.C=C(C)C(=O)OCC(=O)OC1C2CC3C(=O)OC1C3C2.C=C(C)C(=O)OCC(=O)OC1C2CC3CC(C2)C(=O)OC1C3. The monoisotopic (exact) mass is 1180 g/mol. The van der Waals surface area contributed by atoms with E-state index in [-0.39, 0.29) is 125 Å². The molecule has 6 aliphatic carbocycles. The van der Waals surface area contributed by atoms with E-state index in [1.807, 2.05) is 0 Å². The van der Waals surface area contributed by atoms with Crippen LogP contribution in [0.2, 0.25) is 0 Å². The van der Waals surface area contributed by atoms with Crippen LogP contribution < -0.4 is 0 Å². The molecule has 17 unspecified atom stereocenters. The van der Waals surface area contributed by atoms with Crippen molar-refractivity contribution in [3.05, 3.63) is 60.8 Å². The molecule has 6 saturated carbocycles. The maximum absolute atomic E-state index is 11.9. The molecule has 0 aromatic carbocycles. The Hall–Kier alpha value is -7.66. The van der Waals surface area contributed by atoms with Gasteiger partial charge in [0.25, 0.3) is 0 Å². The van der Waals surface area contributed by atoms with Crippen molar-refractivity contribution in [3.63, 3.8) is 0 Å².